The maximum Gasteiger partial charge on any atom is 0.265 e. The number of nitrogens with one attached hydrogen (secondary N) is 1. The molecular weight excluding hydrogens is 400 g/mol. The van der Waals surface area contributed by atoms with Crippen molar-refractivity contribution < 1.29 is 17.9 Å². The molecule has 0 aliphatic rings. The van der Waals surface area contributed by atoms with Crippen molar-refractivity contribution in [2.75, 3.05) is 18.4 Å². The van der Waals surface area contributed by atoms with Gasteiger partial charge >= 0.3 is 0 Å². The molecule has 1 unspecified atom stereocenters. The van der Waals surface area contributed by atoms with Crippen LogP contribution in [0.5, 0.6) is 5.75 Å². The summed E-state index contributed by atoms with van der Waals surface area (Å²) in [5.41, 5.74) is 2.47. The average Bonchev–Trinajstić information content (AvgIpc) is 2.71. The van der Waals surface area contributed by atoms with Crippen LogP contribution in [0.1, 0.15) is 18.1 Å². The minimum Gasteiger partial charge on any atom is -0.481 e. The van der Waals surface area contributed by atoms with Crippen LogP contribution < -0.4 is 10.1 Å². The summed E-state index contributed by atoms with van der Waals surface area (Å²) in [4.78, 5) is 12.6. The maximum absolute atomic E-state index is 12.7. The van der Waals surface area contributed by atoms with Gasteiger partial charge in [-0.05, 0) is 62.2 Å². The zero-order valence-electron chi connectivity index (χ0n) is 17.6. The fourth-order valence-electron chi connectivity index (χ4n) is 2.74. The van der Waals surface area contributed by atoms with E-state index in [9.17, 15) is 13.2 Å². The summed E-state index contributed by atoms with van der Waals surface area (Å²) in [5, 5.41) is 2.75. The van der Waals surface area contributed by atoms with Crippen LogP contribution in [0.4, 0.5) is 5.69 Å². The van der Waals surface area contributed by atoms with Gasteiger partial charge in [-0.1, -0.05) is 24.3 Å². The Morgan fingerprint density at radius 1 is 1.10 bits per heavy atom. The molecule has 2 aromatic carbocycles. The first kappa shape index (κ1) is 23.4. The minimum atomic E-state index is -3.68. The molecule has 7 heteroatoms. The van der Waals surface area contributed by atoms with Crippen LogP contribution >= 0.6 is 0 Å². The number of aryl methyl sites for hydroxylation is 2. The number of nitrogens with zero attached hydrogens (tertiary/aromatic N) is 1. The molecule has 160 valence electrons. The summed E-state index contributed by atoms with van der Waals surface area (Å²) in [6, 6.07) is 11.8. The molecule has 0 fully saturated rings. The molecule has 2 aromatic rings. The zero-order valence-corrected chi connectivity index (χ0v) is 18.4. The highest BCUT2D eigenvalue weighted by atomic mass is 32.2. The number of rotatable bonds is 10. The van der Waals surface area contributed by atoms with Gasteiger partial charge in [-0.3, -0.25) is 4.79 Å². The first-order valence-electron chi connectivity index (χ1n) is 9.55. The summed E-state index contributed by atoms with van der Waals surface area (Å²) in [6.45, 7) is 13.1. The van der Waals surface area contributed by atoms with Gasteiger partial charge in [-0.2, -0.15) is 4.31 Å². The molecule has 0 aliphatic heterocycles. The second-order valence-corrected chi connectivity index (χ2v) is 8.88. The van der Waals surface area contributed by atoms with E-state index >= 15 is 0 Å². The Balaban J connectivity index is 2.09. The summed E-state index contributed by atoms with van der Waals surface area (Å²) in [5.74, 6) is 0.329. The van der Waals surface area contributed by atoms with Crippen molar-refractivity contribution in [1.82, 2.24) is 4.31 Å². The Kier molecular flexibility index (Phi) is 7.97. The molecule has 0 aromatic heterocycles. The van der Waals surface area contributed by atoms with Crippen LogP contribution in [0.3, 0.4) is 0 Å². The largest absolute Gasteiger partial charge is 0.481 e. The van der Waals surface area contributed by atoms with Gasteiger partial charge in [0.1, 0.15) is 5.75 Å². The van der Waals surface area contributed by atoms with E-state index in [2.05, 4.69) is 18.5 Å². The Morgan fingerprint density at radius 2 is 1.70 bits per heavy atom. The molecule has 0 saturated heterocycles. The van der Waals surface area contributed by atoms with Crippen molar-refractivity contribution in [3.63, 3.8) is 0 Å². The highest BCUT2D eigenvalue weighted by molar-refractivity contribution is 7.89. The fourth-order valence-corrected chi connectivity index (χ4v) is 4.12. The van der Waals surface area contributed by atoms with Gasteiger partial charge in [-0.15, -0.1) is 13.2 Å². The lowest BCUT2D eigenvalue weighted by Crippen LogP contribution is -2.31. The molecule has 0 spiro atoms. The van der Waals surface area contributed by atoms with Gasteiger partial charge in [0.05, 0.1) is 4.90 Å². The van der Waals surface area contributed by atoms with E-state index in [1.807, 2.05) is 32.0 Å². The maximum atomic E-state index is 12.7. The second kappa shape index (κ2) is 10.2. The van der Waals surface area contributed by atoms with Crippen molar-refractivity contribution in [1.29, 1.82) is 0 Å². The van der Waals surface area contributed by atoms with Gasteiger partial charge in [0, 0.05) is 18.8 Å². The molecular formula is C23H28N2O4S. The number of amides is 1. The molecule has 6 nitrogen and oxygen atoms in total. The summed E-state index contributed by atoms with van der Waals surface area (Å²) < 4.78 is 32.5. The van der Waals surface area contributed by atoms with Crippen LogP contribution in [0.2, 0.25) is 0 Å². The molecule has 1 N–H and O–H groups in total. The topological polar surface area (TPSA) is 75.7 Å². The van der Waals surface area contributed by atoms with E-state index in [0.29, 0.717) is 11.4 Å². The van der Waals surface area contributed by atoms with E-state index in [1.54, 1.807) is 19.1 Å². The predicted molar refractivity (Wildman–Crippen MR) is 120 cm³/mol. The summed E-state index contributed by atoms with van der Waals surface area (Å²) in [7, 11) is -3.68. The lowest BCUT2D eigenvalue weighted by atomic mass is 10.1. The minimum absolute atomic E-state index is 0.129. The van der Waals surface area contributed by atoms with Gasteiger partial charge in [0.15, 0.2) is 6.10 Å². The van der Waals surface area contributed by atoms with Crippen molar-refractivity contribution >= 4 is 21.6 Å². The number of carbonyl (C=O) groups is 1. The Hall–Kier alpha value is -2.90. The Morgan fingerprint density at radius 3 is 2.27 bits per heavy atom. The van der Waals surface area contributed by atoms with Crippen LogP contribution in [0.25, 0.3) is 0 Å². The molecule has 0 bridgehead atoms. The van der Waals surface area contributed by atoms with Crippen LogP contribution in [-0.4, -0.2) is 37.8 Å². The van der Waals surface area contributed by atoms with E-state index in [-0.39, 0.29) is 23.9 Å². The lowest BCUT2D eigenvalue weighted by molar-refractivity contribution is -0.122. The first-order valence-corrected chi connectivity index (χ1v) is 11.0. The van der Waals surface area contributed by atoms with Gasteiger partial charge in [-0.25, -0.2) is 8.42 Å². The van der Waals surface area contributed by atoms with Crippen molar-refractivity contribution in [2.24, 2.45) is 0 Å². The molecule has 0 saturated carbocycles. The summed E-state index contributed by atoms with van der Waals surface area (Å²) >= 11 is 0. The number of hydrogen-bond donors (Lipinski definition) is 1. The van der Waals surface area contributed by atoms with Gasteiger partial charge < -0.3 is 10.1 Å². The monoisotopic (exact) mass is 428 g/mol. The van der Waals surface area contributed by atoms with Gasteiger partial charge in [0.25, 0.3) is 5.91 Å². The molecule has 0 heterocycles. The van der Waals surface area contributed by atoms with E-state index in [0.717, 1.165) is 11.1 Å². The smallest absolute Gasteiger partial charge is 0.265 e. The molecule has 0 radical (unpaired) electrons. The third-order valence-electron chi connectivity index (χ3n) is 4.44. The molecule has 1 atom stereocenters. The number of sulfonamides is 1. The van der Waals surface area contributed by atoms with E-state index in [4.69, 9.17) is 4.74 Å². The quantitative estimate of drug-likeness (QED) is 0.579. The van der Waals surface area contributed by atoms with E-state index in [1.165, 1.54) is 28.6 Å². The fraction of sp³-hybridized carbons (Fsp3) is 0.261. The number of ether oxygens (including phenoxy) is 1. The highest BCUT2D eigenvalue weighted by Gasteiger charge is 2.22. The normalized spacial score (nSPS) is 12.3. The number of carbonyl (C=O) groups excluding carboxylic acids is 1. The molecule has 2 rings (SSSR count). The third kappa shape index (κ3) is 5.81. The Labute approximate surface area is 178 Å². The number of anilines is 1. The SMILES string of the molecule is C=CCN(CC=C)S(=O)(=O)c1ccc(NC(=O)C(C)Oc2cc(C)ccc2C)cc1. The van der Waals surface area contributed by atoms with Crippen LogP contribution in [0.15, 0.2) is 72.7 Å². The third-order valence-corrected chi connectivity index (χ3v) is 6.29. The Bertz CT molecular complexity index is 1000. The molecule has 30 heavy (non-hydrogen) atoms. The first-order chi connectivity index (χ1) is 14.2. The number of hydrogen-bond acceptors (Lipinski definition) is 4. The zero-order chi connectivity index (χ0) is 22.3. The van der Waals surface area contributed by atoms with Crippen molar-refractivity contribution in [3.05, 3.63) is 78.9 Å². The summed E-state index contributed by atoms with van der Waals surface area (Å²) in [6.07, 6.45) is 2.32. The average molecular weight is 429 g/mol. The highest BCUT2D eigenvalue weighted by Crippen LogP contribution is 2.22. The van der Waals surface area contributed by atoms with Crippen LogP contribution in [0, 0.1) is 13.8 Å². The van der Waals surface area contributed by atoms with Crippen molar-refractivity contribution in [3.8, 4) is 5.75 Å². The second-order valence-electron chi connectivity index (χ2n) is 6.94. The molecule has 0 aliphatic carbocycles. The lowest BCUT2D eigenvalue weighted by Gasteiger charge is -2.19. The number of benzene rings is 2. The predicted octanol–water partition coefficient (Wildman–Crippen LogP) is 4.07. The van der Waals surface area contributed by atoms with Crippen LogP contribution in [-0.2, 0) is 14.8 Å². The van der Waals surface area contributed by atoms with Crippen molar-refractivity contribution in [2.45, 2.75) is 31.8 Å². The standard InChI is InChI=1S/C23H28N2O4S/c1-6-14-25(15-7-2)30(27,28)21-12-10-20(11-13-21)24-23(26)19(5)29-22-16-17(3)8-9-18(22)4/h6-13,16,19H,1-2,14-15H2,3-5H3,(H,24,26). The molecule has 1 amide bonds. The van der Waals surface area contributed by atoms with E-state index < -0.39 is 16.1 Å². The van der Waals surface area contributed by atoms with Gasteiger partial charge in [0.2, 0.25) is 10.0 Å².